The summed E-state index contributed by atoms with van der Waals surface area (Å²) in [6, 6.07) is 15.1. The van der Waals surface area contributed by atoms with E-state index >= 15 is 0 Å². The molecule has 0 heterocycles. The maximum Gasteiger partial charge on any atom is 0.336 e. The van der Waals surface area contributed by atoms with Crippen molar-refractivity contribution in [2.24, 2.45) is 0 Å². The summed E-state index contributed by atoms with van der Waals surface area (Å²) in [5.41, 5.74) is 3.83. The first-order chi connectivity index (χ1) is 12.2. The molecule has 0 radical (unpaired) electrons. The Morgan fingerprint density at radius 2 is 0.852 bits per heavy atom. The van der Waals surface area contributed by atoms with Gasteiger partial charge < -0.3 is 0 Å². The van der Waals surface area contributed by atoms with Gasteiger partial charge in [0.15, 0.2) is 12.8 Å². The van der Waals surface area contributed by atoms with E-state index < -0.39 is 0 Å². The van der Waals surface area contributed by atoms with Gasteiger partial charge >= 0.3 is 23.1 Å². The number of carbonyl (C=O) groups excluding carboxylic acids is 4. The fourth-order valence-electron chi connectivity index (χ4n) is 2.18. The van der Waals surface area contributed by atoms with Gasteiger partial charge in [0.05, 0.1) is 11.1 Å². The number of rotatable bonds is 6. The van der Waals surface area contributed by atoms with Gasteiger partial charge in [-0.15, -0.1) is 0 Å². The van der Waals surface area contributed by atoms with Crippen molar-refractivity contribution in [3.63, 3.8) is 0 Å². The third kappa shape index (κ3) is 9.76. The third-order valence-corrected chi connectivity index (χ3v) is 3.62. The van der Waals surface area contributed by atoms with Gasteiger partial charge in [0.1, 0.15) is 0 Å². The number of hydrogen-bond acceptors (Lipinski definition) is 0. The molecule has 4 nitrogen and oxygen atoms in total. The van der Waals surface area contributed by atoms with Crippen LogP contribution in [-0.4, -0.2) is 42.3 Å². The first-order valence-corrected chi connectivity index (χ1v) is 8.45. The fraction of sp³-hybridized carbons (Fsp3) is 0.273. The Labute approximate surface area is 170 Å². The molecule has 27 heavy (non-hydrogen) atoms. The molecule has 2 aromatic carbocycles. The van der Waals surface area contributed by atoms with Gasteiger partial charge in [0.2, 0.25) is 0 Å². The first kappa shape index (κ1) is 24.6. The van der Waals surface area contributed by atoms with Gasteiger partial charge in [-0.3, -0.25) is 19.2 Å². The Morgan fingerprint density at radius 3 is 1.07 bits per heavy atom. The topological polar surface area (TPSA) is 85.6 Å². The molecule has 0 saturated heterocycles. The van der Waals surface area contributed by atoms with Crippen LogP contribution in [0.3, 0.4) is 0 Å². The smallest absolute Gasteiger partial charge is 0.283 e. The molecular formula is C22H28NiO4+4. The molecule has 0 aliphatic carbocycles. The zero-order chi connectivity index (χ0) is 19.7. The molecule has 0 atom stereocenters. The molecule has 0 bridgehead atoms. The molecule has 146 valence electrons. The Morgan fingerprint density at radius 1 is 0.593 bits per heavy atom. The van der Waals surface area contributed by atoms with Crippen LogP contribution in [-0.2, 0) is 16.5 Å². The second-order valence-electron chi connectivity index (χ2n) is 6.45. The quantitative estimate of drug-likeness (QED) is 0.298. The van der Waals surface area contributed by atoms with Crippen molar-refractivity contribution in [2.75, 3.05) is 0 Å². The fourth-order valence-corrected chi connectivity index (χ4v) is 2.18. The van der Waals surface area contributed by atoms with E-state index in [1.807, 2.05) is 62.4 Å². The molecule has 0 unspecified atom stereocenters. The van der Waals surface area contributed by atoms with Crippen molar-refractivity contribution >= 4 is 23.1 Å². The van der Waals surface area contributed by atoms with E-state index in [1.54, 1.807) is 13.8 Å². The van der Waals surface area contributed by atoms with E-state index in [2.05, 4.69) is 0 Å². The molecule has 0 fully saturated rings. The van der Waals surface area contributed by atoms with Crippen LogP contribution in [0.5, 0.6) is 0 Å². The summed E-state index contributed by atoms with van der Waals surface area (Å²) in [5, 5.41) is 0. The monoisotopic (exact) mass is 414 g/mol. The second-order valence-corrected chi connectivity index (χ2v) is 6.45. The van der Waals surface area contributed by atoms with E-state index in [1.165, 1.54) is 0 Å². The van der Waals surface area contributed by atoms with Crippen LogP contribution in [0.25, 0.3) is 0 Å². The molecular weight excluding hydrogens is 387 g/mol. The van der Waals surface area contributed by atoms with Crippen LogP contribution in [0.2, 0.25) is 0 Å². The molecule has 5 heteroatoms. The van der Waals surface area contributed by atoms with Crippen LogP contribution < -0.4 is 0 Å². The van der Waals surface area contributed by atoms with Crippen LogP contribution in [0, 0.1) is 13.8 Å². The predicted octanol–water partition coefficient (Wildman–Crippen LogP) is 3.68. The maximum absolute atomic E-state index is 9.52. The van der Waals surface area contributed by atoms with E-state index in [0.29, 0.717) is 0 Å². The summed E-state index contributed by atoms with van der Waals surface area (Å²) in [6.45, 7) is 7.13. The van der Waals surface area contributed by atoms with Crippen molar-refractivity contribution in [2.45, 2.75) is 40.5 Å². The Hall–Kier alpha value is -2.39. The largest absolute Gasteiger partial charge is 0.336 e. The predicted molar refractivity (Wildman–Crippen MR) is 109 cm³/mol. The van der Waals surface area contributed by atoms with Gasteiger partial charge in [-0.1, -0.05) is 35.4 Å². The molecule has 2 rings (SSSR count). The molecule has 0 aromatic heterocycles. The minimum absolute atomic E-state index is 0. The molecule has 0 amide bonds. The summed E-state index contributed by atoms with van der Waals surface area (Å²) in [4.78, 5) is 37.0. The van der Waals surface area contributed by atoms with Gasteiger partial charge in [-0.2, -0.15) is 0 Å². The normalized spacial score (nSPS) is 9.33. The van der Waals surface area contributed by atoms with Crippen LogP contribution in [0.15, 0.2) is 48.5 Å². The van der Waals surface area contributed by atoms with Gasteiger partial charge in [0, 0.05) is 30.3 Å². The zero-order valence-corrected chi connectivity index (χ0v) is 17.1. The molecule has 0 spiro atoms. The Bertz CT molecular complexity index is 721. The van der Waals surface area contributed by atoms with E-state index in [4.69, 9.17) is 9.59 Å². The minimum Gasteiger partial charge on any atom is -0.283 e. The molecule has 0 aliphatic heterocycles. The maximum atomic E-state index is 9.52. The number of ketones is 4. The summed E-state index contributed by atoms with van der Waals surface area (Å²) < 4.78 is 0. The third-order valence-electron chi connectivity index (χ3n) is 3.62. The van der Waals surface area contributed by atoms with Gasteiger partial charge in [0.25, 0.3) is 0 Å². The van der Waals surface area contributed by atoms with Gasteiger partial charge in [-0.05, 0) is 38.1 Å². The standard InChI is InChI=1S/2C11H12O2.Ni/c2*1-8-3-5-10(6-4-8)11(13)7-9(2)12;/h2*3-6H,7H2,1-2H3;/p+4. The Balaban J connectivity index is 0.000000483. The first-order valence-electron chi connectivity index (χ1n) is 8.45. The molecule has 4 N–H and O–H groups in total. The minimum atomic E-state index is 0. The molecule has 0 aliphatic rings. The van der Waals surface area contributed by atoms with Crippen molar-refractivity contribution in [1.29, 1.82) is 0 Å². The van der Waals surface area contributed by atoms with Crippen molar-refractivity contribution in [3.8, 4) is 0 Å². The zero-order valence-electron chi connectivity index (χ0n) is 16.1. The average Bonchev–Trinajstić information content (AvgIpc) is 2.55. The summed E-state index contributed by atoms with van der Waals surface area (Å²) in [7, 11) is 0. The average molecular weight is 415 g/mol. The van der Waals surface area contributed by atoms with Crippen molar-refractivity contribution in [3.05, 3.63) is 70.8 Å². The van der Waals surface area contributed by atoms with E-state index in [-0.39, 0.29) is 52.5 Å². The van der Waals surface area contributed by atoms with Crippen LogP contribution in [0.1, 0.15) is 48.9 Å². The molecule has 2 aromatic rings. The summed E-state index contributed by atoms with van der Waals surface area (Å²) in [5.74, 6) is 0.858. The van der Waals surface area contributed by atoms with E-state index in [0.717, 1.165) is 22.3 Å². The van der Waals surface area contributed by atoms with Crippen molar-refractivity contribution in [1.82, 2.24) is 0 Å². The number of hydrogen-bond donors (Lipinski definition) is 0. The van der Waals surface area contributed by atoms with E-state index in [9.17, 15) is 9.59 Å². The number of benzene rings is 2. The second kappa shape index (κ2) is 12.1. The van der Waals surface area contributed by atoms with Gasteiger partial charge in [-0.25, -0.2) is 0 Å². The van der Waals surface area contributed by atoms with Crippen molar-refractivity contribution < 1.29 is 35.7 Å². The Kier molecular flexibility index (Phi) is 11.0. The van der Waals surface area contributed by atoms with Crippen LogP contribution >= 0.6 is 0 Å². The summed E-state index contributed by atoms with van der Waals surface area (Å²) in [6.07, 6.45) is 0.451. The SMILES string of the molecule is CC(=[OH+])CC(=[OH+])c1ccc(C)cc1.CC(=[OH+])CC(=[OH+])c1ccc(C)cc1.[Ni]. The molecule has 0 saturated carbocycles. The van der Waals surface area contributed by atoms with Crippen LogP contribution in [0.4, 0.5) is 0 Å². The number of aryl methyl sites for hydroxylation is 2. The summed E-state index contributed by atoms with van der Waals surface area (Å²) >= 11 is 0.